The van der Waals surface area contributed by atoms with Crippen molar-refractivity contribution < 1.29 is 51.8 Å². The zero-order chi connectivity index (χ0) is 53.4. The van der Waals surface area contributed by atoms with Crippen molar-refractivity contribution in [3.63, 3.8) is 0 Å². The highest BCUT2D eigenvalue weighted by atomic mass is 28.4. The molecule has 0 radical (unpaired) electrons. The molecule has 414 valence electrons. The van der Waals surface area contributed by atoms with E-state index >= 15 is 0 Å². The fourth-order valence-corrected chi connectivity index (χ4v) is 11.6. The van der Waals surface area contributed by atoms with Crippen LogP contribution in [0.4, 0.5) is 0 Å². The third-order valence-electron chi connectivity index (χ3n) is 15.3. The van der Waals surface area contributed by atoms with E-state index in [1.807, 2.05) is 45.9 Å². The molecule has 0 aliphatic carbocycles. The van der Waals surface area contributed by atoms with E-state index in [2.05, 4.69) is 134 Å². The monoisotopic (exact) mass is 1040 g/mol. The third-order valence-corrected chi connectivity index (χ3v) is 19.8. The van der Waals surface area contributed by atoms with Crippen molar-refractivity contribution in [2.75, 3.05) is 20.5 Å². The van der Waals surface area contributed by atoms with Crippen molar-refractivity contribution >= 4 is 8.32 Å². The smallest absolute Gasteiger partial charge is 0.191 e. The summed E-state index contributed by atoms with van der Waals surface area (Å²) in [6.45, 7) is 28.1. The van der Waals surface area contributed by atoms with Crippen LogP contribution in [0, 0.1) is 5.92 Å². The van der Waals surface area contributed by atoms with Gasteiger partial charge in [0.15, 0.2) is 19.9 Å². The van der Waals surface area contributed by atoms with Gasteiger partial charge in [0.2, 0.25) is 0 Å². The Kier molecular flexibility index (Phi) is 23.4. The second kappa shape index (κ2) is 28.7. The van der Waals surface area contributed by atoms with Gasteiger partial charge >= 0.3 is 0 Å². The maximum absolute atomic E-state index is 7.22. The van der Waals surface area contributed by atoms with Gasteiger partial charge in [0, 0.05) is 20.1 Å². The van der Waals surface area contributed by atoms with Gasteiger partial charge in [0.25, 0.3) is 0 Å². The van der Waals surface area contributed by atoms with E-state index < -0.39 is 32.1 Å². The molecule has 3 aromatic rings. The van der Waals surface area contributed by atoms with E-state index in [1.54, 1.807) is 7.11 Å². The lowest BCUT2D eigenvalue weighted by molar-refractivity contribution is -0.229. The molecular weight excluding hydrogens is 949 g/mol. The molecule has 3 heterocycles. The molecule has 74 heavy (non-hydrogen) atoms. The number of rotatable bonds is 31. The number of methoxy groups -OCH3 is 1. The average molecular weight is 1050 g/mol. The standard InChI is InChI=1S/C62H96O11Si/c1-14-15-16-17-27-34-50-52(71-61(7,8)70-50)40-55-58-59(73-62(9,10)72-58)57(67-44-63-11)54(69-55)39-46(3)37-45(2)38-53(65-42-48-30-23-19-24-31-48)56(66-43-49-32-25-20-26-33-49)51(64-41-47-28-21-18-22-29-47)35-36-68-74(12,13)60(4,5)6/h18-26,28-33,37,45,50-59H,14-17,27,34-36,38-44H2,1-13H3/b46-37-/t45-,50-,51-,52-,53+,54+,55-,56+,57-,58-,59+/m1/s1. The summed E-state index contributed by atoms with van der Waals surface area (Å²) in [5.74, 6) is -1.42. The Morgan fingerprint density at radius 2 is 1.22 bits per heavy atom. The molecule has 0 saturated carbocycles. The van der Waals surface area contributed by atoms with Crippen LogP contribution in [0.25, 0.3) is 0 Å². The van der Waals surface area contributed by atoms with Gasteiger partial charge in [-0.05, 0) is 101 Å². The number of unbranched alkanes of at least 4 members (excludes halogenated alkanes) is 4. The number of allylic oxidation sites excluding steroid dienone is 1. The van der Waals surface area contributed by atoms with Gasteiger partial charge in [-0.2, -0.15) is 0 Å². The Balaban J connectivity index is 1.28. The van der Waals surface area contributed by atoms with E-state index in [9.17, 15) is 0 Å². The van der Waals surface area contributed by atoms with Crippen LogP contribution in [0.2, 0.25) is 18.1 Å². The van der Waals surface area contributed by atoms with Crippen LogP contribution in [0.3, 0.4) is 0 Å². The summed E-state index contributed by atoms with van der Waals surface area (Å²) in [7, 11) is -0.414. The molecule has 0 unspecified atom stereocenters. The van der Waals surface area contributed by atoms with E-state index in [1.165, 1.54) is 31.3 Å². The van der Waals surface area contributed by atoms with E-state index in [0.29, 0.717) is 52.1 Å². The highest BCUT2D eigenvalue weighted by molar-refractivity contribution is 6.74. The lowest BCUT2D eigenvalue weighted by Crippen LogP contribution is -2.58. The van der Waals surface area contributed by atoms with E-state index in [-0.39, 0.29) is 66.6 Å². The maximum Gasteiger partial charge on any atom is 0.191 e. The lowest BCUT2D eigenvalue weighted by atomic mass is 9.87. The first-order chi connectivity index (χ1) is 35.3. The normalized spacial score (nSPS) is 25.6. The van der Waals surface area contributed by atoms with Gasteiger partial charge in [-0.3, -0.25) is 0 Å². The van der Waals surface area contributed by atoms with Gasteiger partial charge in [-0.1, -0.05) is 169 Å². The van der Waals surface area contributed by atoms with E-state index in [0.717, 1.165) is 29.5 Å². The fourth-order valence-electron chi connectivity index (χ4n) is 10.6. The highest BCUT2D eigenvalue weighted by Gasteiger charge is 2.57. The van der Waals surface area contributed by atoms with Gasteiger partial charge in [-0.15, -0.1) is 0 Å². The Bertz CT molecular complexity index is 2060. The SMILES string of the molecule is CCCCCCC[C@H]1OC(C)(C)O[C@@H]1C[C@H]1O[C@@H](C/C(C)=C\[C@@H](C)C[C@H](OCc2ccccc2)[C@@H](OCc2ccccc2)[C@@H](CCO[Si](C)(C)C(C)(C)C)OCc2ccccc2)[C@@H](OCOC)[C@@H]2OC(C)(C)O[C@@H]21. The summed E-state index contributed by atoms with van der Waals surface area (Å²) in [5, 5.41) is 0.0695. The number of hydrogen-bond acceptors (Lipinski definition) is 11. The Labute approximate surface area is 448 Å². The molecule has 0 N–H and O–H groups in total. The molecule has 0 spiro atoms. The van der Waals surface area contributed by atoms with Gasteiger partial charge in [-0.25, -0.2) is 0 Å². The Morgan fingerprint density at radius 3 is 1.80 bits per heavy atom. The summed E-state index contributed by atoms with van der Waals surface area (Å²) in [5.41, 5.74) is 4.48. The molecule has 3 aromatic carbocycles. The lowest BCUT2D eigenvalue weighted by Gasteiger charge is -2.43. The number of ether oxygens (including phenoxy) is 10. The largest absolute Gasteiger partial charge is 0.417 e. The van der Waals surface area contributed by atoms with Crippen molar-refractivity contribution in [2.45, 2.75) is 244 Å². The number of benzene rings is 3. The van der Waals surface area contributed by atoms with Crippen LogP contribution in [-0.2, 0) is 71.6 Å². The fraction of sp³-hybridized carbons (Fsp3) is 0.677. The van der Waals surface area contributed by atoms with Gasteiger partial charge < -0.3 is 51.8 Å². The van der Waals surface area contributed by atoms with Crippen molar-refractivity contribution in [1.82, 2.24) is 0 Å². The summed E-state index contributed by atoms with van der Waals surface area (Å²) >= 11 is 0. The van der Waals surface area contributed by atoms with Gasteiger partial charge in [0.1, 0.15) is 31.2 Å². The quantitative estimate of drug-likeness (QED) is 0.0266. The predicted octanol–water partition coefficient (Wildman–Crippen LogP) is 14.1. The molecule has 3 aliphatic rings. The third kappa shape index (κ3) is 18.7. The minimum atomic E-state index is -2.06. The molecule has 11 nitrogen and oxygen atoms in total. The Hall–Kier alpha value is -2.82. The molecule has 0 bridgehead atoms. The molecule has 6 rings (SSSR count). The summed E-state index contributed by atoms with van der Waals surface area (Å²) in [4.78, 5) is 0. The van der Waals surface area contributed by atoms with E-state index in [4.69, 9.17) is 51.8 Å². The van der Waals surface area contributed by atoms with Crippen LogP contribution >= 0.6 is 0 Å². The first kappa shape index (κ1) is 60.4. The van der Waals surface area contributed by atoms with Crippen molar-refractivity contribution in [3.8, 4) is 0 Å². The van der Waals surface area contributed by atoms with Crippen LogP contribution in [0.5, 0.6) is 0 Å². The second-order valence-electron chi connectivity index (χ2n) is 23.7. The molecule has 12 heteroatoms. The second-order valence-corrected chi connectivity index (χ2v) is 28.5. The molecule has 0 aromatic heterocycles. The van der Waals surface area contributed by atoms with Crippen LogP contribution < -0.4 is 0 Å². The zero-order valence-electron chi connectivity index (χ0n) is 47.7. The summed E-state index contributed by atoms with van der Waals surface area (Å²) in [6.07, 6.45) is 8.80. The topological polar surface area (TPSA) is 102 Å². The van der Waals surface area contributed by atoms with Crippen LogP contribution in [-0.4, -0.2) is 101 Å². The van der Waals surface area contributed by atoms with Crippen molar-refractivity contribution in [3.05, 3.63) is 119 Å². The molecular formula is C62H96O11Si. The molecule has 3 saturated heterocycles. The van der Waals surface area contributed by atoms with Gasteiger partial charge in [0.05, 0.1) is 56.4 Å². The molecule has 11 atom stereocenters. The minimum Gasteiger partial charge on any atom is -0.417 e. The zero-order valence-corrected chi connectivity index (χ0v) is 48.7. The average Bonchev–Trinajstić information content (AvgIpc) is 3.84. The van der Waals surface area contributed by atoms with Crippen molar-refractivity contribution in [2.24, 2.45) is 5.92 Å². The molecule has 3 aliphatic heterocycles. The van der Waals surface area contributed by atoms with Crippen molar-refractivity contribution in [1.29, 1.82) is 0 Å². The number of fused-ring (bicyclic) bond motifs is 1. The number of hydrogen-bond donors (Lipinski definition) is 0. The minimum absolute atomic E-state index is 0.0296. The molecule has 3 fully saturated rings. The van der Waals surface area contributed by atoms with Crippen LogP contribution in [0.15, 0.2) is 103 Å². The highest BCUT2D eigenvalue weighted by Crippen LogP contribution is 2.44. The van der Waals surface area contributed by atoms with Crippen LogP contribution in [0.1, 0.15) is 150 Å². The first-order valence-electron chi connectivity index (χ1n) is 28.0. The first-order valence-corrected chi connectivity index (χ1v) is 30.9. The summed E-state index contributed by atoms with van der Waals surface area (Å²) < 4.78 is 74.0. The Morgan fingerprint density at radius 1 is 0.676 bits per heavy atom. The summed E-state index contributed by atoms with van der Waals surface area (Å²) in [6, 6.07) is 31.2. The molecule has 0 amide bonds. The predicted molar refractivity (Wildman–Crippen MR) is 296 cm³/mol. The maximum atomic E-state index is 7.22.